The van der Waals surface area contributed by atoms with Gasteiger partial charge in [-0.3, -0.25) is 4.79 Å². The summed E-state index contributed by atoms with van der Waals surface area (Å²) in [4.78, 5) is 16.2. The Morgan fingerprint density at radius 1 is 1.12 bits per heavy atom. The number of amides is 1. The van der Waals surface area contributed by atoms with Gasteiger partial charge in [0.05, 0.1) is 18.4 Å². The molecule has 3 aromatic rings. The number of hydrogen-bond donors (Lipinski definition) is 2. The van der Waals surface area contributed by atoms with E-state index in [2.05, 4.69) is 15.6 Å². The van der Waals surface area contributed by atoms with Crippen LogP contribution >= 0.6 is 0 Å². The van der Waals surface area contributed by atoms with Gasteiger partial charge in [-0.1, -0.05) is 6.07 Å². The molecule has 0 saturated carbocycles. The molecule has 0 saturated heterocycles. The fourth-order valence-electron chi connectivity index (χ4n) is 2.24. The van der Waals surface area contributed by atoms with Crippen LogP contribution in [0.1, 0.15) is 21.7 Å². The van der Waals surface area contributed by atoms with E-state index in [1.165, 1.54) is 36.7 Å². The molecule has 8 heteroatoms. The average Bonchev–Trinajstić information content (AvgIpc) is 3.13. The predicted octanol–water partition coefficient (Wildman–Crippen LogP) is 4.37. The largest absolute Gasteiger partial charge is 0.467 e. The van der Waals surface area contributed by atoms with Crippen molar-refractivity contribution in [1.29, 1.82) is 0 Å². The van der Waals surface area contributed by atoms with Crippen LogP contribution in [0.25, 0.3) is 0 Å². The molecule has 134 valence electrons. The molecule has 1 aromatic carbocycles. The second kappa shape index (κ2) is 7.30. The number of carbonyl (C=O) groups excluding carboxylic acids is 1. The van der Waals surface area contributed by atoms with Crippen LogP contribution in [0.4, 0.5) is 24.7 Å². The highest BCUT2D eigenvalue weighted by Crippen LogP contribution is 2.31. The Balaban J connectivity index is 1.70. The van der Waals surface area contributed by atoms with Crippen LogP contribution < -0.4 is 10.6 Å². The summed E-state index contributed by atoms with van der Waals surface area (Å²) in [6, 6.07) is 11.2. The Morgan fingerprint density at radius 2 is 1.96 bits per heavy atom. The Morgan fingerprint density at radius 3 is 2.69 bits per heavy atom. The Labute approximate surface area is 146 Å². The second-order valence-electron chi connectivity index (χ2n) is 5.40. The van der Waals surface area contributed by atoms with E-state index in [9.17, 15) is 18.0 Å². The normalized spacial score (nSPS) is 11.2. The number of nitrogens with one attached hydrogen (secondary N) is 2. The lowest BCUT2D eigenvalue weighted by molar-refractivity contribution is -0.137. The zero-order valence-electron chi connectivity index (χ0n) is 13.4. The number of alkyl halides is 3. The highest BCUT2D eigenvalue weighted by Gasteiger charge is 2.30. The fourth-order valence-corrected chi connectivity index (χ4v) is 2.24. The number of rotatable bonds is 5. The third-order valence-electron chi connectivity index (χ3n) is 3.49. The highest BCUT2D eigenvalue weighted by molar-refractivity contribution is 5.94. The molecule has 0 radical (unpaired) electrons. The number of hydrogen-bond acceptors (Lipinski definition) is 4. The molecule has 2 heterocycles. The maximum Gasteiger partial charge on any atom is 0.416 e. The summed E-state index contributed by atoms with van der Waals surface area (Å²) in [5.41, 5.74) is -0.226. The number of anilines is 2. The average molecular weight is 361 g/mol. The second-order valence-corrected chi connectivity index (χ2v) is 5.40. The summed E-state index contributed by atoms with van der Waals surface area (Å²) in [5, 5.41) is 5.46. The molecule has 0 atom stereocenters. The number of pyridine rings is 1. The van der Waals surface area contributed by atoms with Crippen LogP contribution in [0.15, 0.2) is 65.4 Å². The maximum atomic E-state index is 12.8. The number of aromatic nitrogens is 1. The van der Waals surface area contributed by atoms with Crippen molar-refractivity contribution in [2.75, 3.05) is 5.32 Å². The first-order valence-electron chi connectivity index (χ1n) is 7.63. The minimum atomic E-state index is -4.43. The first-order valence-corrected chi connectivity index (χ1v) is 7.63. The van der Waals surface area contributed by atoms with Crippen molar-refractivity contribution in [3.05, 3.63) is 77.9 Å². The molecule has 3 rings (SSSR count). The lowest BCUT2D eigenvalue weighted by atomic mass is 10.2. The highest BCUT2D eigenvalue weighted by atomic mass is 19.4. The molecule has 0 unspecified atom stereocenters. The standard InChI is InChI=1S/C18H14F3N3O2/c19-18(20,21)13-3-1-4-14(10-13)24-16-9-12(6-7-22-16)17(25)23-11-15-5-2-8-26-15/h1-10H,11H2,(H,22,24)(H,23,25). The number of carbonyl (C=O) groups is 1. The van der Waals surface area contributed by atoms with E-state index < -0.39 is 11.7 Å². The topological polar surface area (TPSA) is 67.2 Å². The predicted molar refractivity (Wildman–Crippen MR) is 88.8 cm³/mol. The maximum absolute atomic E-state index is 12.8. The van der Waals surface area contributed by atoms with Crippen molar-refractivity contribution >= 4 is 17.4 Å². The third-order valence-corrected chi connectivity index (χ3v) is 3.49. The zero-order valence-corrected chi connectivity index (χ0v) is 13.4. The van der Waals surface area contributed by atoms with Crippen molar-refractivity contribution in [2.24, 2.45) is 0 Å². The Hall–Kier alpha value is -3.29. The van der Waals surface area contributed by atoms with Gasteiger partial charge in [0, 0.05) is 17.4 Å². The summed E-state index contributed by atoms with van der Waals surface area (Å²) in [6.45, 7) is 0.227. The Kier molecular flexibility index (Phi) is 4.92. The fraction of sp³-hybridized carbons (Fsp3) is 0.111. The van der Waals surface area contributed by atoms with Gasteiger partial charge in [0.2, 0.25) is 0 Å². The van der Waals surface area contributed by atoms with Crippen LogP contribution in [-0.4, -0.2) is 10.9 Å². The zero-order chi connectivity index (χ0) is 18.6. The molecule has 0 bridgehead atoms. The van der Waals surface area contributed by atoms with Crippen molar-refractivity contribution < 1.29 is 22.4 Å². The molecule has 0 aliphatic heterocycles. The van der Waals surface area contributed by atoms with E-state index >= 15 is 0 Å². The van der Waals surface area contributed by atoms with E-state index in [0.29, 0.717) is 11.3 Å². The molecule has 0 aliphatic carbocycles. The van der Waals surface area contributed by atoms with Gasteiger partial charge in [0.15, 0.2) is 0 Å². The first-order chi connectivity index (χ1) is 12.4. The summed E-state index contributed by atoms with van der Waals surface area (Å²) in [5.74, 6) is 0.514. The third kappa shape index (κ3) is 4.41. The molecule has 2 N–H and O–H groups in total. The molecule has 5 nitrogen and oxygen atoms in total. The van der Waals surface area contributed by atoms with Crippen molar-refractivity contribution in [1.82, 2.24) is 10.3 Å². The van der Waals surface area contributed by atoms with E-state index in [0.717, 1.165) is 12.1 Å². The van der Waals surface area contributed by atoms with Gasteiger partial charge in [-0.15, -0.1) is 0 Å². The lowest BCUT2D eigenvalue weighted by Gasteiger charge is -2.11. The summed E-state index contributed by atoms with van der Waals surface area (Å²) >= 11 is 0. The minimum absolute atomic E-state index is 0.223. The first kappa shape index (κ1) is 17.5. The number of benzene rings is 1. The van der Waals surface area contributed by atoms with Gasteiger partial charge >= 0.3 is 6.18 Å². The quantitative estimate of drug-likeness (QED) is 0.708. The van der Waals surface area contributed by atoms with Crippen LogP contribution in [0.3, 0.4) is 0 Å². The Bertz CT molecular complexity index is 893. The molecule has 2 aromatic heterocycles. The van der Waals surface area contributed by atoms with Gasteiger partial charge in [-0.2, -0.15) is 13.2 Å². The number of nitrogens with zero attached hydrogens (tertiary/aromatic N) is 1. The monoisotopic (exact) mass is 361 g/mol. The lowest BCUT2D eigenvalue weighted by Crippen LogP contribution is -2.22. The molecular weight excluding hydrogens is 347 g/mol. The van der Waals surface area contributed by atoms with E-state index in [4.69, 9.17) is 4.42 Å². The molecular formula is C18H14F3N3O2. The van der Waals surface area contributed by atoms with Gasteiger partial charge in [-0.25, -0.2) is 4.98 Å². The smallest absolute Gasteiger partial charge is 0.416 e. The van der Waals surface area contributed by atoms with Crippen molar-refractivity contribution in [2.45, 2.75) is 12.7 Å². The van der Waals surface area contributed by atoms with Crippen LogP contribution in [0.5, 0.6) is 0 Å². The van der Waals surface area contributed by atoms with Crippen LogP contribution in [0, 0.1) is 0 Å². The molecule has 0 fully saturated rings. The molecule has 1 amide bonds. The van der Waals surface area contributed by atoms with Gasteiger partial charge in [-0.05, 0) is 42.5 Å². The van der Waals surface area contributed by atoms with E-state index in [1.54, 1.807) is 12.1 Å². The molecule has 26 heavy (non-hydrogen) atoms. The SMILES string of the molecule is O=C(NCc1ccco1)c1ccnc(Nc2cccc(C(F)(F)F)c2)c1. The molecule has 0 spiro atoms. The summed E-state index contributed by atoms with van der Waals surface area (Å²) in [7, 11) is 0. The summed E-state index contributed by atoms with van der Waals surface area (Å²) < 4.78 is 43.5. The van der Waals surface area contributed by atoms with Crippen LogP contribution in [0.2, 0.25) is 0 Å². The van der Waals surface area contributed by atoms with Gasteiger partial charge < -0.3 is 15.1 Å². The summed E-state index contributed by atoms with van der Waals surface area (Å²) in [6.07, 6.45) is -1.53. The van der Waals surface area contributed by atoms with Gasteiger partial charge in [0.1, 0.15) is 11.6 Å². The van der Waals surface area contributed by atoms with Crippen molar-refractivity contribution in [3.8, 4) is 0 Å². The molecule has 0 aliphatic rings. The van der Waals surface area contributed by atoms with Crippen molar-refractivity contribution in [3.63, 3.8) is 0 Å². The van der Waals surface area contributed by atoms with Crippen LogP contribution in [-0.2, 0) is 12.7 Å². The number of furan rings is 1. The van der Waals surface area contributed by atoms with Gasteiger partial charge in [0.25, 0.3) is 5.91 Å². The minimum Gasteiger partial charge on any atom is -0.467 e. The number of halogens is 3. The van der Waals surface area contributed by atoms with E-state index in [1.807, 2.05) is 0 Å². The van der Waals surface area contributed by atoms with E-state index in [-0.39, 0.29) is 24.0 Å².